The molecule has 1 aliphatic heterocycles. The second kappa shape index (κ2) is 6.74. The molecule has 2 aromatic heterocycles. The van der Waals surface area contributed by atoms with Crippen molar-refractivity contribution in [2.75, 3.05) is 0 Å². The summed E-state index contributed by atoms with van der Waals surface area (Å²) < 4.78 is 5.36. The Kier molecular flexibility index (Phi) is 4.85. The molecule has 0 saturated carbocycles. The van der Waals surface area contributed by atoms with Gasteiger partial charge in [0.15, 0.2) is 0 Å². The summed E-state index contributed by atoms with van der Waals surface area (Å²) in [6.07, 6.45) is 10.8. The van der Waals surface area contributed by atoms with E-state index in [1.807, 2.05) is 0 Å². The van der Waals surface area contributed by atoms with Crippen LogP contribution in [0.3, 0.4) is 0 Å². The van der Waals surface area contributed by atoms with Gasteiger partial charge in [-0.1, -0.05) is 39.8 Å². The number of rotatable bonds is 4. The Morgan fingerprint density at radius 1 is 0.667 bits per heavy atom. The third-order valence-electron chi connectivity index (χ3n) is 7.35. The van der Waals surface area contributed by atoms with Gasteiger partial charge in [0, 0.05) is 0 Å². The average molecular weight is 322 g/mol. The Balaban J connectivity index is 2.28. The first-order valence-corrected chi connectivity index (χ1v) is 10.0. The molecule has 0 radical (unpaired) electrons. The van der Waals surface area contributed by atoms with Crippen molar-refractivity contribution in [1.29, 1.82) is 0 Å². The zero-order valence-electron chi connectivity index (χ0n) is 15.9. The van der Waals surface area contributed by atoms with Crippen LogP contribution in [-0.2, 0) is 12.6 Å². The van der Waals surface area contributed by atoms with Crippen molar-refractivity contribution in [2.24, 2.45) is 0 Å². The molecular weight excluding hydrogens is 290 g/mol. The standard InChI is InChI=1S/C20H32B2N2/c1-5-21(6-2)17-19-13-10-12-16-24(19)22(7-3,8-4)18-20-14-9-11-15-23(20)21/h9-16H,5-8,17-18H2,1-4H3. The highest BCUT2D eigenvalue weighted by atomic mass is 15.0. The second-order valence-electron chi connectivity index (χ2n) is 8.07. The molecule has 2 aromatic rings. The zero-order chi connectivity index (χ0) is 17.2. The summed E-state index contributed by atoms with van der Waals surface area (Å²) in [5.74, 6) is 0. The van der Waals surface area contributed by atoms with Gasteiger partial charge in [-0.15, -0.1) is 25.3 Å². The van der Waals surface area contributed by atoms with Crippen LogP contribution in [-0.4, -0.2) is 12.6 Å². The highest BCUT2D eigenvalue weighted by Gasteiger charge is 2.44. The molecule has 24 heavy (non-hydrogen) atoms. The minimum absolute atomic E-state index is 0.604. The topological polar surface area (TPSA) is 7.76 Å². The van der Waals surface area contributed by atoms with E-state index < -0.39 is 12.6 Å². The number of pyridine rings is 2. The van der Waals surface area contributed by atoms with E-state index in [-0.39, 0.29) is 0 Å². The zero-order valence-corrected chi connectivity index (χ0v) is 15.9. The lowest BCUT2D eigenvalue weighted by atomic mass is 9.25. The van der Waals surface area contributed by atoms with Crippen LogP contribution in [0.4, 0.5) is 0 Å². The second-order valence-corrected chi connectivity index (χ2v) is 8.07. The van der Waals surface area contributed by atoms with Gasteiger partial charge in [0.25, 0.3) is 12.6 Å². The summed E-state index contributed by atoms with van der Waals surface area (Å²) in [6.45, 7) is 9.50. The molecular formula is C20H32B2N2. The van der Waals surface area contributed by atoms with E-state index in [9.17, 15) is 0 Å². The first kappa shape index (κ1) is 17.3. The first-order chi connectivity index (χ1) is 11.6. The molecule has 0 fully saturated rings. The van der Waals surface area contributed by atoms with Gasteiger partial charge in [-0.25, -0.2) is 0 Å². The average Bonchev–Trinajstić information content (AvgIpc) is 2.64. The van der Waals surface area contributed by atoms with Gasteiger partial charge in [0.1, 0.15) is 12.4 Å². The molecule has 0 aliphatic carbocycles. The fraction of sp³-hybridized carbons (Fsp3) is 0.500. The predicted octanol–water partition coefficient (Wildman–Crippen LogP) is 3.81. The number of nitrogens with zero attached hydrogens (tertiary/aromatic N) is 2. The SMILES string of the molecule is CC[B-]1(CC)Cc2cccc[n+]2[B-](CC)(CC)Cc2cccc[n+]21. The third-order valence-corrected chi connectivity index (χ3v) is 7.35. The van der Waals surface area contributed by atoms with E-state index in [4.69, 9.17) is 0 Å². The highest BCUT2D eigenvalue weighted by Crippen LogP contribution is 2.24. The molecule has 3 heterocycles. The van der Waals surface area contributed by atoms with E-state index in [0.29, 0.717) is 0 Å². The van der Waals surface area contributed by atoms with Crippen LogP contribution >= 0.6 is 0 Å². The molecule has 0 N–H and O–H groups in total. The maximum atomic E-state index is 2.68. The minimum Gasteiger partial charge on any atom is -0.426 e. The Morgan fingerprint density at radius 2 is 1.04 bits per heavy atom. The van der Waals surface area contributed by atoms with Gasteiger partial charge in [0.05, 0.1) is 11.4 Å². The normalized spacial score (nSPS) is 18.2. The third kappa shape index (κ3) is 2.60. The Hall–Kier alpha value is -1.57. The van der Waals surface area contributed by atoms with Gasteiger partial charge < -0.3 is 8.96 Å². The fourth-order valence-corrected chi connectivity index (χ4v) is 5.31. The van der Waals surface area contributed by atoms with Crippen molar-refractivity contribution in [3.63, 3.8) is 0 Å². The summed E-state index contributed by atoms with van der Waals surface area (Å²) >= 11 is 0. The number of hydrogen-bond donors (Lipinski definition) is 0. The summed E-state index contributed by atoms with van der Waals surface area (Å²) in [5.41, 5.74) is 3.07. The Labute approximate surface area is 147 Å². The van der Waals surface area contributed by atoms with Crippen molar-refractivity contribution in [3.05, 3.63) is 60.2 Å². The van der Waals surface area contributed by atoms with Crippen molar-refractivity contribution >= 4 is 12.6 Å². The molecule has 0 saturated heterocycles. The quantitative estimate of drug-likeness (QED) is 0.757. The van der Waals surface area contributed by atoms with Gasteiger partial charge in [-0.05, 0) is 36.9 Å². The van der Waals surface area contributed by atoms with Gasteiger partial charge >= 0.3 is 0 Å². The van der Waals surface area contributed by atoms with E-state index in [1.54, 1.807) is 0 Å². The molecule has 0 amide bonds. The Bertz CT molecular complexity index is 645. The van der Waals surface area contributed by atoms with E-state index in [2.05, 4.69) is 85.4 Å². The molecule has 128 valence electrons. The van der Waals surface area contributed by atoms with Gasteiger partial charge in [-0.3, -0.25) is 0 Å². The number of fused-ring (bicyclic) bond motifs is 2. The fourth-order valence-electron chi connectivity index (χ4n) is 5.31. The summed E-state index contributed by atoms with van der Waals surface area (Å²) in [4.78, 5) is 0. The smallest absolute Gasteiger partial charge is 0.287 e. The minimum atomic E-state index is -0.604. The lowest BCUT2D eigenvalue weighted by Crippen LogP contribution is -2.75. The van der Waals surface area contributed by atoms with E-state index in [1.165, 1.54) is 49.3 Å². The Morgan fingerprint density at radius 3 is 1.38 bits per heavy atom. The summed E-state index contributed by atoms with van der Waals surface area (Å²) in [6, 6.07) is 13.6. The van der Waals surface area contributed by atoms with Crippen molar-refractivity contribution in [3.8, 4) is 0 Å². The lowest BCUT2D eigenvalue weighted by Gasteiger charge is -2.41. The van der Waals surface area contributed by atoms with Crippen LogP contribution in [0, 0.1) is 0 Å². The molecule has 4 heteroatoms. The van der Waals surface area contributed by atoms with E-state index >= 15 is 0 Å². The van der Waals surface area contributed by atoms with Crippen LogP contribution in [0.15, 0.2) is 48.8 Å². The van der Waals surface area contributed by atoms with Crippen molar-refractivity contribution in [2.45, 2.75) is 65.6 Å². The van der Waals surface area contributed by atoms with Crippen molar-refractivity contribution < 1.29 is 8.96 Å². The maximum Gasteiger partial charge on any atom is 0.287 e. The summed E-state index contributed by atoms with van der Waals surface area (Å²) in [7, 11) is 0. The molecule has 0 bridgehead atoms. The molecule has 2 nitrogen and oxygen atoms in total. The van der Waals surface area contributed by atoms with Crippen LogP contribution in [0.25, 0.3) is 0 Å². The number of hydrogen-bond acceptors (Lipinski definition) is 0. The molecule has 0 atom stereocenters. The lowest BCUT2D eigenvalue weighted by molar-refractivity contribution is -0.581. The van der Waals surface area contributed by atoms with Gasteiger partial charge in [0.2, 0.25) is 0 Å². The van der Waals surface area contributed by atoms with Crippen LogP contribution in [0.2, 0.25) is 25.3 Å². The van der Waals surface area contributed by atoms with Crippen LogP contribution in [0.5, 0.6) is 0 Å². The highest BCUT2D eigenvalue weighted by molar-refractivity contribution is 6.73. The molecule has 0 unspecified atom stereocenters. The molecule has 0 spiro atoms. The predicted molar refractivity (Wildman–Crippen MR) is 105 cm³/mol. The largest absolute Gasteiger partial charge is 0.426 e. The van der Waals surface area contributed by atoms with Crippen LogP contribution in [0.1, 0.15) is 39.1 Å². The maximum absolute atomic E-state index is 2.68. The first-order valence-electron chi connectivity index (χ1n) is 10.0. The molecule has 3 rings (SSSR count). The number of aromatic nitrogens is 2. The monoisotopic (exact) mass is 322 g/mol. The molecule has 1 aliphatic rings. The summed E-state index contributed by atoms with van der Waals surface area (Å²) in [5, 5.41) is 0. The van der Waals surface area contributed by atoms with Gasteiger partial charge in [-0.2, -0.15) is 0 Å². The van der Waals surface area contributed by atoms with Crippen molar-refractivity contribution in [1.82, 2.24) is 0 Å². The van der Waals surface area contributed by atoms with Crippen LogP contribution < -0.4 is 8.96 Å². The molecule has 0 aromatic carbocycles. The van der Waals surface area contributed by atoms with E-state index in [0.717, 1.165) is 0 Å².